The largest absolute Gasteiger partial charge is 0.465 e. The molecule has 1 N–H and O–H groups in total. The van der Waals surface area contributed by atoms with Gasteiger partial charge in [0.15, 0.2) is 14.6 Å². The monoisotopic (exact) mass is 553 g/mol. The average Bonchev–Trinajstić information content (AvgIpc) is 3.14. The third-order valence-electron chi connectivity index (χ3n) is 5.67. The van der Waals surface area contributed by atoms with Crippen molar-refractivity contribution in [3.63, 3.8) is 0 Å². The van der Waals surface area contributed by atoms with Gasteiger partial charge in [-0.05, 0) is 44.9 Å². The van der Waals surface area contributed by atoms with Crippen LogP contribution in [0, 0.1) is 0 Å². The van der Waals surface area contributed by atoms with Gasteiger partial charge in [0, 0.05) is 6.04 Å². The first-order valence-electron chi connectivity index (χ1n) is 12.1. The Bertz CT molecular complexity index is 1340. The van der Waals surface area contributed by atoms with Gasteiger partial charge in [0.2, 0.25) is 5.91 Å². The van der Waals surface area contributed by atoms with Gasteiger partial charge in [-0.15, -0.1) is 0 Å². The van der Waals surface area contributed by atoms with Crippen LogP contribution >= 0.6 is 11.3 Å². The van der Waals surface area contributed by atoms with E-state index in [4.69, 9.17) is 9.47 Å². The van der Waals surface area contributed by atoms with E-state index in [1.807, 2.05) is 0 Å². The van der Waals surface area contributed by atoms with Crippen molar-refractivity contribution in [1.29, 1.82) is 0 Å². The SMILES string of the molecule is CCOC(=O)Cn1c(=NC(=O)CS(=O)(=O)CC(=O)NC2CCCCC2)sc2cc(C(=O)OCC)ccc21. The number of thiazole rings is 1. The van der Waals surface area contributed by atoms with Crippen molar-refractivity contribution in [3.05, 3.63) is 28.6 Å². The van der Waals surface area contributed by atoms with E-state index in [-0.39, 0.29) is 36.2 Å². The highest BCUT2D eigenvalue weighted by molar-refractivity contribution is 7.92. The summed E-state index contributed by atoms with van der Waals surface area (Å²) in [5.41, 5.74) is 0.788. The summed E-state index contributed by atoms with van der Waals surface area (Å²) in [6.07, 6.45) is 4.68. The fraction of sp³-hybridized carbons (Fsp3) is 0.542. The van der Waals surface area contributed by atoms with E-state index in [0.29, 0.717) is 10.2 Å². The minimum absolute atomic E-state index is 0.0447. The molecule has 0 radical (unpaired) electrons. The number of ether oxygens (including phenoxy) is 2. The van der Waals surface area contributed by atoms with Crippen LogP contribution in [0.25, 0.3) is 10.2 Å². The molecule has 1 aromatic carbocycles. The fourth-order valence-electron chi connectivity index (χ4n) is 4.08. The number of fused-ring (bicyclic) bond motifs is 1. The third kappa shape index (κ3) is 8.22. The maximum Gasteiger partial charge on any atom is 0.338 e. The van der Waals surface area contributed by atoms with Crippen molar-refractivity contribution < 1.29 is 37.1 Å². The van der Waals surface area contributed by atoms with Crippen LogP contribution in [0.2, 0.25) is 0 Å². The van der Waals surface area contributed by atoms with Crippen LogP contribution in [0.5, 0.6) is 0 Å². The van der Waals surface area contributed by atoms with Crippen molar-refractivity contribution >= 4 is 55.1 Å². The Balaban J connectivity index is 1.83. The first-order chi connectivity index (χ1) is 17.6. The van der Waals surface area contributed by atoms with Crippen molar-refractivity contribution in [2.24, 2.45) is 4.99 Å². The number of sulfone groups is 1. The van der Waals surface area contributed by atoms with Crippen molar-refractivity contribution in [1.82, 2.24) is 9.88 Å². The van der Waals surface area contributed by atoms with Gasteiger partial charge in [-0.3, -0.25) is 14.4 Å². The van der Waals surface area contributed by atoms with E-state index in [9.17, 15) is 27.6 Å². The molecule has 37 heavy (non-hydrogen) atoms. The molecule has 11 nitrogen and oxygen atoms in total. The highest BCUT2D eigenvalue weighted by Crippen LogP contribution is 2.20. The molecule has 1 saturated carbocycles. The van der Waals surface area contributed by atoms with Crippen molar-refractivity contribution in [3.8, 4) is 0 Å². The van der Waals surface area contributed by atoms with Crippen LogP contribution in [-0.4, -0.2) is 67.5 Å². The van der Waals surface area contributed by atoms with Gasteiger partial charge >= 0.3 is 11.9 Å². The molecule has 13 heteroatoms. The number of carbonyl (C=O) groups excluding carboxylic acids is 4. The highest BCUT2D eigenvalue weighted by Gasteiger charge is 2.24. The lowest BCUT2D eigenvalue weighted by atomic mass is 9.95. The number of hydrogen-bond donors (Lipinski definition) is 1. The molecule has 1 aromatic heterocycles. The summed E-state index contributed by atoms with van der Waals surface area (Å²) in [5.74, 6) is -4.46. The molecule has 202 valence electrons. The van der Waals surface area contributed by atoms with Crippen molar-refractivity contribution in [2.75, 3.05) is 24.7 Å². The molecule has 1 fully saturated rings. The lowest BCUT2D eigenvalue weighted by Gasteiger charge is -2.22. The summed E-state index contributed by atoms with van der Waals surface area (Å²) in [5, 5.41) is 2.73. The molecular formula is C24H31N3O8S2. The van der Waals surface area contributed by atoms with Crippen LogP contribution in [0.15, 0.2) is 23.2 Å². The summed E-state index contributed by atoms with van der Waals surface area (Å²) in [6.45, 7) is 3.43. The highest BCUT2D eigenvalue weighted by atomic mass is 32.2. The summed E-state index contributed by atoms with van der Waals surface area (Å²) in [4.78, 5) is 53.2. The Kier molecular flexibility index (Phi) is 9.98. The number of esters is 2. The zero-order valence-corrected chi connectivity index (χ0v) is 22.5. The number of aromatic nitrogens is 1. The first kappa shape index (κ1) is 28.5. The van der Waals surface area contributed by atoms with E-state index in [0.717, 1.165) is 43.4 Å². The Morgan fingerprint density at radius 1 is 1.05 bits per heavy atom. The summed E-state index contributed by atoms with van der Waals surface area (Å²) >= 11 is 1.01. The second-order valence-electron chi connectivity index (χ2n) is 8.62. The van der Waals surface area contributed by atoms with Crippen LogP contribution in [0.1, 0.15) is 56.3 Å². The number of nitrogens with zero attached hydrogens (tertiary/aromatic N) is 2. The van der Waals surface area contributed by atoms with Crippen LogP contribution in [0.4, 0.5) is 0 Å². The first-order valence-corrected chi connectivity index (χ1v) is 14.8. The molecule has 1 aliphatic rings. The zero-order chi connectivity index (χ0) is 27.0. The smallest absolute Gasteiger partial charge is 0.338 e. The molecule has 2 aromatic rings. The Morgan fingerprint density at radius 3 is 2.43 bits per heavy atom. The standard InChI is InChI=1S/C24H31N3O8S2/c1-3-34-22(30)13-27-18-11-10-16(23(31)35-4-2)12-19(18)36-24(27)26-21(29)15-37(32,33)14-20(28)25-17-8-6-5-7-9-17/h10-12,17H,3-9,13-15H2,1-2H3,(H,25,28). The van der Waals surface area contributed by atoms with Crippen molar-refractivity contribution in [2.45, 2.75) is 58.5 Å². The lowest BCUT2D eigenvalue weighted by molar-refractivity contribution is -0.143. The number of benzene rings is 1. The number of rotatable bonds is 10. The quantitative estimate of drug-likeness (QED) is 0.437. The van der Waals surface area contributed by atoms with Gasteiger partial charge in [-0.2, -0.15) is 4.99 Å². The molecule has 0 spiro atoms. The Labute approximate surface area is 218 Å². The third-order valence-corrected chi connectivity index (χ3v) is 8.10. The normalized spacial score (nSPS) is 14.9. The minimum atomic E-state index is -4.06. The summed E-state index contributed by atoms with van der Waals surface area (Å²) in [7, 11) is -4.06. The maximum atomic E-state index is 12.6. The van der Waals surface area contributed by atoms with Gasteiger partial charge in [0.05, 0.1) is 29.0 Å². The molecule has 0 unspecified atom stereocenters. The second kappa shape index (κ2) is 13.0. The number of hydrogen-bond acceptors (Lipinski definition) is 9. The number of nitrogens with one attached hydrogen (secondary N) is 1. The van der Waals surface area contributed by atoms with Gasteiger partial charge in [0.1, 0.15) is 18.1 Å². The van der Waals surface area contributed by atoms with Gasteiger partial charge < -0.3 is 19.4 Å². The average molecular weight is 554 g/mol. The van der Waals surface area contributed by atoms with Crippen LogP contribution < -0.4 is 10.1 Å². The molecule has 2 amide bonds. The molecule has 0 saturated heterocycles. The molecule has 1 aliphatic carbocycles. The molecule has 0 aliphatic heterocycles. The second-order valence-corrected chi connectivity index (χ2v) is 11.7. The van der Waals surface area contributed by atoms with Gasteiger partial charge in [0.25, 0.3) is 5.91 Å². The molecule has 1 heterocycles. The predicted molar refractivity (Wildman–Crippen MR) is 137 cm³/mol. The van der Waals surface area contributed by atoms with E-state index in [1.54, 1.807) is 26.0 Å². The van der Waals surface area contributed by atoms with Crippen LogP contribution in [0.3, 0.4) is 0 Å². The van der Waals surface area contributed by atoms with E-state index >= 15 is 0 Å². The van der Waals surface area contributed by atoms with E-state index in [1.165, 1.54) is 10.6 Å². The lowest BCUT2D eigenvalue weighted by Crippen LogP contribution is -2.40. The van der Waals surface area contributed by atoms with Gasteiger partial charge in [-0.25, -0.2) is 13.2 Å². The predicted octanol–water partition coefficient (Wildman–Crippen LogP) is 1.73. The fourth-order valence-corrected chi connectivity index (χ4v) is 6.19. The molecule has 0 atom stereocenters. The maximum absolute atomic E-state index is 12.6. The van der Waals surface area contributed by atoms with Gasteiger partial charge in [-0.1, -0.05) is 30.6 Å². The summed E-state index contributed by atoms with van der Waals surface area (Å²) < 4.78 is 37.0. The topological polar surface area (TPSA) is 150 Å². The Hall–Kier alpha value is -3.06. The Morgan fingerprint density at radius 2 is 1.76 bits per heavy atom. The summed E-state index contributed by atoms with van der Waals surface area (Å²) in [6, 6.07) is 4.62. The van der Waals surface area contributed by atoms with Crippen LogP contribution in [-0.2, 0) is 40.2 Å². The van der Waals surface area contributed by atoms with E-state index in [2.05, 4.69) is 10.3 Å². The zero-order valence-electron chi connectivity index (χ0n) is 20.9. The molecular weight excluding hydrogens is 522 g/mol. The van der Waals surface area contributed by atoms with E-state index < -0.39 is 45.1 Å². The molecule has 0 bridgehead atoms. The molecule has 3 rings (SSSR count). The minimum Gasteiger partial charge on any atom is -0.465 e. The number of amides is 2. The number of carbonyl (C=O) groups is 4.